The average molecular weight is 455 g/mol. The van der Waals surface area contributed by atoms with E-state index >= 15 is 0 Å². The fraction of sp³-hybridized carbons (Fsp3) is 0.115. The second-order valence-corrected chi connectivity index (χ2v) is 8.68. The van der Waals surface area contributed by atoms with Crippen molar-refractivity contribution in [3.63, 3.8) is 0 Å². The van der Waals surface area contributed by atoms with E-state index in [9.17, 15) is 9.59 Å². The van der Waals surface area contributed by atoms with Gasteiger partial charge in [0.25, 0.3) is 11.8 Å². The molecule has 3 aromatic carbocycles. The van der Waals surface area contributed by atoms with Crippen LogP contribution in [0.3, 0.4) is 0 Å². The van der Waals surface area contributed by atoms with E-state index < -0.39 is 0 Å². The molecular formula is C26H22N4O2S. The first-order valence-electron chi connectivity index (χ1n) is 10.7. The van der Waals surface area contributed by atoms with Gasteiger partial charge in [-0.25, -0.2) is 0 Å². The Labute approximate surface area is 194 Å². The minimum atomic E-state index is -0.285. The van der Waals surface area contributed by atoms with Gasteiger partial charge < -0.3 is 15.6 Å². The first-order chi connectivity index (χ1) is 16.1. The highest BCUT2D eigenvalue weighted by Gasteiger charge is 2.16. The number of aryl methyl sites for hydroxylation is 1. The highest BCUT2D eigenvalue weighted by Crippen LogP contribution is 2.24. The highest BCUT2D eigenvalue weighted by atomic mass is 32.1. The molecule has 0 saturated carbocycles. The molecule has 0 radical (unpaired) electrons. The third-order valence-electron chi connectivity index (χ3n) is 5.70. The van der Waals surface area contributed by atoms with Crippen molar-refractivity contribution in [2.45, 2.75) is 13.3 Å². The van der Waals surface area contributed by atoms with Crippen molar-refractivity contribution < 1.29 is 9.59 Å². The maximum absolute atomic E-state index is 12.9. The van der Waals surface area contributed by atoms with E-state index in [-0.39, 0.29) is 11.8 Å². The number of hydrogen-bond donors (Lipinski definition) is 3. The number of anilines is 1. The first-order valence-corrected chi connectivity index (χ1v) is 11.5. The fourth-order valence-electron chi connectivity index (χ4n) is 3.88. The number of amides is 2. The zero-order chi connectivity index (χ0) is 22.8. The van der Waals surface area contributed by atoms with Crippen LogP contribution in [0.4, 0.5) is 5.69 Å². The molecule has 0 aliphatic heterocycles. The Hall–Kier alpha value is -3.97. The standard InChI is InChI=1S/C26H22N4O2S/c1-16-10-11-17(25(31)27-13-12-18-15-28-21-8-4-2-6-19(18)21)14-22(16)29-26(32)24-20-7-3-5-9-23(20)33-30-24/h2-11,14-15,28H,12-13H2,1H3,(H,27,31)(H,29,32). The predicted octanol–water partition coefficient (Wildman–Crippen LogP) is 5.31. The van der Waals surface area contributed by atoms with Crippen LogP contribution in [0, 0.1) is 6.92 Å². The predicted molar refractivity (Wildman–Crippen MR) is 133 cm³/mol. The van der Waals surface area contributed by atoms with Crippen molar-refractivity contribution in [2.75, 3.05) is 11.9 Å². The number of nitrogens with one attached hydrogen (secondary N) is 3. The third-order valence-corrected chi connectivity index (χ3v) is 6.52. The lowest BCUT2D eigenvalue weighted by Crippen LogP contribution is -2.26. The monoisotopic (exact) mass is 454 g/mol. The molecule has 0 spiro atoms. The van der Waals surface area contributed by atoms with Crippen LogP contribution in [0.25, 0.3) is 21.0 Å². The molecule has 5 rings (SSSR count). The molecule has 7 heteroatoms. The summed E-state index contributed by atoms with van der Waals surface area (Å²) in [5, 5.41) is 7.89. The van der Waals surface area contributed by atoms with Crippen LogP contribution in [0.1, 0.15) is 32.0 Å². The molecule has 0 bridgehead atoms. The third kappa shape index (κ3) is 4.23. The van der Waals surface area contributed by atoms with Crippen LogP contribution in [-0.2, 0) is 6.42 Å². The minimum absolute atomic E-state index is 0.176. The number of carbonyl (C=O) groups is 2. The number of hydrogen-bond acceptors (Lipinski definition) is 4. The second-order valence-electron chi connectivity index (χ2n) is 7.88. The Bertz CT molecular complexity index is 1480. The van der Waals surface area contributed by atoms with Gasteiger partial charge in [0.1, 0.15) is 5.69 Å². The molecule has 2 amide bonds. The van der Waals surface area contributed by atoms with Gasteiger partial charge >= 0.3 is 0 Å². The topological polar surface area (TPSA) is 86.9 Å². The summed E-state index contributed by atoms with van der Waals surface area (Å²) >= 11 is 1.30. The van der Waals surface area contributed by atoms with Crippen molar-refractivity contribution in [1.82, 2.24) is 14.7 Å². The zero-order valence-corrected chi connectivity index (χ0v) is 18.8. The summed E-state index contributed by atoms with van der Waals surface area (Å²) in [4.78, 5) is 28.9. The molecule has 5 aromatic rings. The Kier molecular flexibility index (Phi) is 5.62. The summed E-state index contributed by atoms with van der Waals surface area (Å²) in [6.45, 7) is 2.41. The molecule has 0 aliphatic rings. The van der Waals surface area contributed by atoms with Gasteiger partial charge in [-0.3, -0.25) is 9.59 Å². The largest absolute Gasteiger partial charge is 0.361 e. The molecule has 0 unspecified atom stereocenters. The van der Waals surface area contributed by atoms with Crippen molar-refractivity contribution >= 4 is 50.0 Å². The van der Waals surface area contributed by atoms with Gasteiger partial charge in [-0.1, -0.05) is 42.5 Å². The summed E-state index contributed by atoms with van der Waals surface area (Å²) in [6.07, 6.45) is 2.71. The van der Waals surface area contributed by atoms with Crippen molar-refractivity contribution in [2.24, 2.45) is 0 Å². The number of rotatable bonds is 6. The van der Waals surface area contributed by atoms with Crippen molar-refractivity contribution in [3.05, 3.63) is 95.3 Å². The van der Waals surface area contributed by atoms with Gasteiger partial charge in [0, 0.05) is 40.3 Å². The van der Waals surface area contributed by atoms with Gasteiger partial charge in [0.05, 0.1) is 4.70 Å². The lowest BCUT2D eigenvalue weighted by atomic mass is 10.1. The molecule has 0 atom stereocenters. The van der Waals surface area contributed by atoms with Gasteiger partial charge in [-0.15, -0.1) is 0 Å². The highest BCUT2D eigenvalue weighted by molar-refractivity contribution is 7.13. The molecule has 2 aromatic heterocycles. The molecule has 0 aliphatic carbocycles. The lowest BCUT2D eigenvalue weighted by molar-refractivity contribution is 0.0952. The van der Waals surface area contributed by atoms with Gasteiger partial charge in [-0.2, -0.15) is 4.37 Å². The van der Waals surface area contributed by atoms with Crippen LogP contribution in [0.2, 0.25) is 0 Å². The Morgan fingerprint density at radius 1 is 0.970 bits per heavy atom. The van der Waals surface area contributed by atoms with E-state index in [1.165, 1.54) is 22.5 Å². The molecule has 33 heavy (non-hydrogen) atoms. The van der Waals surface area contributed by atoms with E-state index in [2.05, 4.69) is 26.1 Å². The average Bonchev–Trinajstić information content (AvgIpc) is 3.45. The second kappa shape index (κ2) is 8.88. The summed E-state index contributed by atoms with van der Waals surface area (Å²) in [5.74, 6) is -0.461. The minimum Gasteiger partial charge on any atom is -0.361 e. The van der Waals surface area contributed by atoms with Gasteiger partial charge in [0.2, 0.25) is 0 Å². The van der Waals surface area contributed by atoms with E-state index in [1.54, 1.807) is 12.1 Å². The van der Waals surface area contributed by atoms with Crippen LogP contribution < -0.4 is 10.6 Å². The molecule has 0 fully saturated rings. The summed E-state index contributed by atoms with van der Waals surface area (Å²) < 4.78 is 5.27. The van der Waals surface area contributed by atoms with E-state index in [0.29, 0.717) is 23.5 Å². The Morgan fingerprint density at radius 2 is 1.76 bits per heavy atom. The molecule has 2 heterocycles. The van der Waals surface area contributed by atoms with Crippen LogP contribution >= 0.6 is 11.5 Å². The molecule has 0 saturated heterocycles. The van der Waals surface area contributed by atoms with E-state index in [1.807, 2.05) is 61.7 Å². The molecule has 3 N–H and O–H groups in total. The Morgan fingerprint density at radius 3 is 2.64 bits per heavy atom. The first kappa shape index (κ1) is 20.9. The number of H-pyrrole nitrogens is 1. The number of carbonyl (C=O) groups excluding carboxylic acids is 2. The summed E-state index contributed by atoms with van der Waals surface area (Å²) in [5.41, 5.74) is 4.62. The molecule has 6 nitrogen and oxygen atoms in total. The summed E-state index contributed by atoms with van der Waals surface area (Å²) in [7, 11) is 0. The number of para-hydroxylation sites is 1. The van der Waals surface area contributed by atoms with Crippen molar-refractivity contribution in [3.8, 4) is 0 Å². The maximum Gasteiger partial charge on any atom is 0.276 e. The lowest BCUT2D eigenvalue weighted by Gasteiger charge is -2.11. The fourth-order valence-corrected chi connectivity index (χ4v) is 4.65. The molecule has 164 valence electrons. The van der Waals surface area contributed by atoms with E-state index in [4.69, 9.17) is 0 Å². The van der Waals surface area contributed by atoms with E-state index in [0.717, 1.165) is 27.6 Å². The number of fused-ring (bicyclic) bond motifs is 2. The van der Waals surface area contributed by atoms with Gasteiger partial charge in [0.15, 0.2) is 0 Å². The number of aromatic amines is 1. The van der Waals surface area contributed by atoms with Crippen molar-refractivity contribution in [1.29, 1.82) is 0 Å². The zero-order valence-electron chi connectivity index (χ0n) is 18.0. The van der Waals surface area contributed by atoms with Crippen LogP contribution in [0.5, 0.6) is 0 Å². The number of nitrogens with zero attached hydrogens (tertiary/aromatic N) is 1. The quantitative estimate of drug-likeness (QED) is 0.325. The Balaban J connectivity index is 1.26. The smallest absolute Gasteiger partial charge is 0.276 e. The van der Waals surface area contributed by atoms with Crippen LogP contribution in [0.15, 0.2) is 72.9 Å². The SMILES string of the molecule is Cc1ccc(C(=O)NCCc2c[nH]c3ccccc23)cc1NC(=O)c1nsc2ccccc12. The van der Waals surface area contributed by atoms with Gasteiger partial charge in [-0.05, 0) is 60.3 Å². The summed E-state index contributed by atoms with van der Waals surface area (Å²) in [6, 6.07) is 21.1. The molecular weight excluding hydrogens is 432 g/mol. The number of aromatic nitrogens is 2. The van der Waals surface area contributed by atoms with Crippen LogP contribution in [-0.4, -0.2) is 27.7 Å². The maximum atomic E-state index is 12.9. The number of benzene rings is 3. The normalized spacial score (nSPS) is 11.1.